The van der Waals surface area contributed by atoms with E-state index >= 15 is 4.79 Å². The van der Waals surface area contributed by atoms with E-state index in [1.54, 1.807) is 78.9 Å². The number of hydrogen-bond donors (Lipinski definition) is 6. The van der Waals surface area contributed by atoms with Crippen molar-refractivity contribution in [2.75, 3.05) is 12.3 Å². The van der Waals surface area contributed by atoms with Crippen molar-refractivity contribution in [2.24, 2.45) is 0 Å². The van der Waals surface area contributed by atoms with Gasteiger partial charge in [0.1, 0.15) is 35.5 Å². The van der Waals surface area contributed by atoms with Crippen LogP contribution in [0.25, 0.3) is 0 Å². The van der Waals surface area contributed by atoms with Crippen molar-refractivity contribution in [1.82, 2.24) is 26.6 Å². The number of thioether (sulfide) groups is 1. The van der Waals surface area contributed by atoms with Gasteiger partial charge in [0.25, 0.3) is 0 Å². The highest BCUT2D eigenvalue weighted by atomic mass is 35.5. The van der Waals surface area contributed by atoms with Crippen LogP contribution >= 0.6 is 23.4 Å². The molecule has 6 rings (SSSR count). The molecule has 13 nitrogen and oxygen atoms in total. The molecule has 0 aliphatic carbocycles. The van der Waals surface area contributed by atoms with Crippen LogP contribution in [0.3, 0.4) is 0 Å². The first-order chi connectivity index (χ1) is 34.5. The highest BCUT2D eigenvalue weighted by Gasteiger charge is 2.40. The summed E-state index contributed by atoms with van der Waals surface area (Å²) in [5.41, 5.74) is 4.12. The lowest BCUT2D eigenvalue weighted by Crippen LogP contribution is -2.59. The van der Waals surface area contributed by atoms with Gasteiger partial charge < -0.3 is 36.4 Å². The minimum atomic E-state index is -1.38. The summed E-state index contributed by atoms with van der Waals surface area (Å²) in [6.45, 7) is 6.61. The first-order valence-corrected chi connectivity index (χ1v) is 24.9. The molecule has 6 aromatic carbocycles. The van der Waals surface area contributed by atoms with Gasteiger partial charge in [-0.05, 0) is 78.4 Å². The molecular weight excluding hydrogens is 950 g/mol. The molecule has 4 atom stereocenters. The molecule has 0 bridgehead atoms. The van der Waals surface area contributed by atoms with Gasteiger partial charge in [0, 0.05) is 37.0 Å². The number of halogens is 1. The third kappa shape index (κ3) is 15.8. The molecule has 0 saturated heterocycles. The molecule has 5 amide bonds. The number of carbonyl (C=O) groups excluding carboxylic acids is 5. The van der Waals surface area contributed by atoms with Crippen molar-refractivity contribution in [3.05, 3.63) is 208 Å². The Kier molecular flexibility index (Phi) is 19.2. The SMILES string of the molecule is CC(=O)NCC(=O)N[C@@H](Cc1ccc(Cl)cc1)C(=O)N[C@H](CSC(c1ccccc1)(c1ccccc1)c1ccccc1)C(=O)N[C@@H](Cc1ccc(OC(C)(C)C)cc1)C(=O)N[C@H](Cc1ccccc1)C(=O)O. The van der Waals surface area contributed by atoms with E-state index in [4.69, 9.17) is 16.3 Å². The van der Waals surface area contributed by atoms with Gasteiger partial charge in [-0.2, -0.15) is 0 Å². The number of amides is 5. The molecule has 0 aliphatic heterocycles. The van der Waals surface area contributed by atoms with Crippen molar-refractivity contribution < 1.29 is 38.6 Å². The van der Waals surface area contributed by atoms with Gasteiger partial charge in [0.15, 0.2) is 0 Å². The fourth-order valence-corrected chi connectivity index (χ4v) is 9.72. The zero-order valence-electron chi connectivity index (χ0n) is 40.6. The second-order valence-corrected chi connectivity index (χ2v) is 19.9. The fourth-order valence-electron chi connectivity index (χ4n) is 8.03. The van der Waals surface area contributed by atoms with E-state index in [1.165, 1.54) is 18.7 Å². The quantitative estimate of drug-likeness (QED) is 0.0355. The first-order valence-electron chi connectivity index (χ1n) is 23.5. The van der Waals surface area contributed by atoms with E-state index in [1.807, 2.05) is 112 Å². The molecule has 0 fully saturated rings. The largest absolute Gasteiger partial charge is 0.488 e. The van der Waals surface area contributed by atoms with E-state index in [0.29, 0.717) is 27.5 Å². The maximum atomic E-state index is 15.2. The predicted octanol–water partition coefficient (Wildman–Crippen LogP) is 7.43. The van der Waals surface area contributed by atoms with Crippen LogP contribution < -0.4 is 31.3 Å². The number of ether oxygens (including phenoxy) is 1. The Morgan fingerprint density at radius 1 is 0.528 bits per heavy atom. The maximum Gasteiger partial charge on any atom is 0.326 e. The molecule has 0 unspecified atom stereocenters. The summed E-state index contributed by atoms with van der Waals surface area (Å²) in [4.78, 5) is 82.3. The average molecular weight is 1010 g/mol. The summed E-state index contributed by atoms with van der Waals surface area (Å²) in [6, 6.07) is 46.6. The lowest BCUT2D eigenvalue weighted by molar-refractivity contribution is -0.142. The van der Waals surface area contributed by atoms with Crippen LogP contribution in [-0.4, -0.2) is 82.7 Å². The van der Waals surface area contributed by atoms with Crippen LogP contribution in [-0.2, 0) is 52.8 Å². The number of carboxylic acid groups (broad SMARTS) is 1. The second kappa shape index (κ2) is 25.6. The van der Waals surface area contributed by atoms with Gasteiger partial charge in [-0.3, -0.25) is 24.0 Å². The number of rotatable bonds is 23. The zero-order chi connectivity index (χ0) is 51.7. The molecule has 0 saturated carbocycles. The highest BCUT2D eigenvalue weighted by molar-refractivity contribution is 8.00. The van der Waals surface area contributed by atoms with Crippen LogP contribution in [0, 0.1) is 0 Å². The van der Waals surface area contributed by atoms with Crippen LogP contribution in [0.5, 0.6) is 5.75 Å². The molecule has 0 aliphatic rings. The predicted molar refractivity (Wildman–Crippen MR) is 282 cm³/mol. The summed E-state index contributed by atoms with van der Waals surface area (Å²) in [6.07, 6.45) is -0.116. The first kappa shape index (κ1) is 53.9. The number of carbonyl (C=O) groups is 6. The number of hydrogen-bond acceptors (Lipinski definition) is 8. The van der Waals surface area contributed by atoms with E-state index in [9.17, 15) is 29.1 Å². The molecule has 6 aromatic rings. The standard InChI is InChI=1S/C57H60ClN5O8S/c1-38(64)59-36-51(65)60-47(33-40-25-29-45(58)30-26-40)52(66)63-50(37-72-57(42-19-11-6-12-20-42,43-21-13-7-14-22-43)44-23-15-8-16-24-44)54(68)61-48(34-41-27-31-46(32-28-41)71-56(2,3)4)53(67)62-49(55(69)70)35-39-17-9-5-10-18-39/h5-32,47-50H,33-37H2,1-4H3,(H,59,64)(H,60,65)(H,61,68)(H,62,67)(H,63,66)(H,69,70)/t47-,48-,49+,50+/m0/s1. The molecule has 72 heavy (non-hydrogen) atoms. The van der Waals surface area contributed by atoms with Crippen LogP contribution in [0.1, 0.15) is 61.1 Å². The summed E-state index contributed by atoms with van der Waals surface area (Å²) < 4.78 is 5.07. The third-order valence-corrected chi connectivity index (χ3v) is 13.4. The summed E-state index contributed by atoms with van der Waals surface area (Å²) in [5.74, 6) is -4.11. The van der Waals surface area contributed by atoms with Crippen LogP contribution in [0.15, 0.2) is 170 Å². The number of aliphatic carboxylic acids is 1. The van der Waals surface area contributed by atoms with Gasteiger partial charge >= 0.3 is 5.97 Å². The van der Waals surface area contributed by atoms with Gasteiger partial charge in [0.05, 0.1) is 11.3 Å². The van der Waals surface area contributed by atoms with Gasteiger partial charge in [-0.15, -0.1) is 11.8 Å². The summed E-state index contributed by atoms with van der Waals surface area (Å²) >= 11 is 7.59. The highest BCUT2D eigenvalue weighted by Crippen LogP contribution is 2.48. The zero-order valence-corrected chi connectivity index (χ0v) is 42.2. The van der Waals surface area contributed by atoms with E-state index in [0.717, 1.165) is 16.7 Å². The van der Waals surface area contributed by atoms with Gasteiger partial charge in [-0.1, -0.05) is 157 Å². The molecule has 374 valence electrons. The van der Waals surface area contributed by atoms with E-state index in [-0.39, 0.29) is 25.0 Å². The summed E-state index contributed by atoms with van der Waals surface area (Å²) in [7, 11) is 0. The molecule has 6 N–H and O–H groups in total. The number of benzene rings is 6. The topological polar surface area (TPSA) is 192 Å². The lowest BCUT2D eigenvalue weighted by Gasteiger charge is -2.37. The van der Waals surface area contributed by atoms with Crippen molar-refractivity contribution in [3.8, 4) is 5.75 Å². The minimum absolute atomic E-state index is 0.0176. The Hall–Kier alpha value is -7.42. The normalized spacial score (nSPS) is 13.0. The van der Waals surface area contributed by atoms with Crippen molar-refractivity contribution >= 4 is 58.9 Å². The molecule has 0 spiro atoms. The Labute approximate surface area is 429 Å². The smallest absolute Gasteiger partial charge is 0.326 e. The van der Waals surface area contributed by atoms with Crippen LogP contribution in [0.4, 0.5) is 0 Å². The lowest BCUT2D eigenvalue weighted by atomic mass is 9.84. The summed E-state index contributed by atoms with van der Waals surface area (Å²) in [5, 5.41) is 24.5. The molecule has 0 radical (unpaired) electrons. The number of nitrogens with one attached hydrogen (secondary N) is 5. The number of carboxylic acids is 1. The van der Waals surface area contributed by atoms with Crippen molar-refractivity contribution in [3.63, 3.8) is 0 Å². The second-order valence-electron chi connectivity index (χ2n) is 18.2. The van der Waals surface area contributed by atoms with Crippen molar-refractivity contribution in [1.29, 1.82) is 0 Å². The Morgan fingerprint density at radius 3 is 1.38 bits per heavy atom. The van der Waals surface area contributed by atoms with E-state index < -0.39 is 76.6 Å². The average Bonchev–Trinajstić information content (AvgIpc) is 3.36. The molecule has 0 heterocycles. The van der Waals surface area contributed by atoms with Crippen LogP contribution in [0.2, 0.25) is 5.02 Å². The minimum Gasteiger partial charge on any atom is -0.488 e. The molecule has 15 heteroatoms. The van der Waals surface area contributed by atoms with Gasteiger partial charge in [0.2, 0.25) is 29.5 Å². The third-order valence-electron chi connectivity index (χ3n) is 11.5. The monoisotopic (exact) mass is 1010 g/mol. The molecule has 0 aromatic heterocycles. The molecular formula is C57H60ClN5O8S. The Balaban J connectivity index is 1.41. The van der Waals surface area contributed by atoms with Crippen molar-refractivity contribution in [2.45, 2.75) is 81.5 Å². The Bertz CT molecular complexity index is 2650. The fraction of sp³-hybridized carbons (Fsp3) is 0.263. The van der Waals surface area contributed by atoms with Gasteiger partial charge in [-0.25, -0.2) is 4.79 Å². The van der Waals surface area contributed by atoms with E-state index in [2.05, 4.69) is 26.6 Å². The maximum absolute atomic E-state index is 15.2. The Morgan fingerprint density at radius 2 is 0.917 bits per heavy atom.